The van der Waals surface area contributed by atoms with Crippen molar-refractivity contribution in [2.24, 2.45) is 5.92 Å². The minimum Gasteiger partial charge on any atom is -0.342 e. The van der Waals surface area contributed by atoms with Gasteiger partial charge in [-0.2, -0.15) is 0 Å². The van der Waals surface area contributed by atoms with Crippen LogP contribution in [-0.2, 0) is 12.8 Å². The molecule has 1 aromatic heterocycles. The second-order valence-corrected chi connectivity index (χ2v) is 15.3. The lowest BCUT2D eigenvalue weighted by Gasteiger charge is -2.35. The molecule has 1 unspecified atom stereocenters. The molecule has 1 atom stereocenters. The quantitative estimate of drug-likeness (QED) is 0.283. The second kappa shape index (κ2) is 20.5. The molecule has 1 aliphatic heterocycles. The van der Waals surface area contributed by atoms with Crippen LogP contribution in [0.2, 0.25) is 0 Å². The molecule has 52 heavy (non-hydrogen) atoms. The highest BCUT2D eigenvalue weighted by molar-refractivity contribution is 5.62. The van der Waals surface area contributed by atoms with E-state index >= 15 is 0 Å². The number of allylic oxidation sites excluding steroid dienone is 15. The highest BCUT2D eigenvalue weighted by atomic mass is 15.2. The van der Waals surface area contributed by atoms with Crippen LogP contribution in [0.15, 0.2) is 114 Å². The van der Waals surface area contributed by atoms with Crippen molar-refractivity contribution in [3.05, 3.63) is 136 Å². The van der Waals surface area contributed by atoms with E-state index in [4.69, 9.17) is 0 Å². The molecule has 6 rings (SSSR count). The standard InChI is InChI=1S/C43H59N3.2C3H6/c1-7-33(4)45(41-23-16-14-20-32(41)3)38-29-36(26-27-37(30-38)46-35(6)34(5)40-22-15-17-25-43(40)46)44-28-18-9-8-11-19-31(2)39-21-12-10-13-24-42(39)44;2*1-3-2/h7,9,11,18-19,26,29-31H,8,10,12-17,20-25,27-28H2,1-6H3;2*3H,1H2,2H3/b18-9-,19-11-,33-7+;;. The Bertz CT molecular complexity index is 1650. The maximum absolute atomic E-state index is 3.36. The van der Waals surface area contributed by atoms with Crippen molar-refractivity contribution in [2.45, 2.75) is 152 Å². The molecule has 5 aliphatic rings. The zero-order chi connectivity index (χ0) is 37.6. The fourth-order valence-electron chi connectivity index (χ4n) is 8.74. The Kier molecular flexibility index (Phi) is 16.2. The first-order valence-corrected chi connectivity index (χ1v) is 20.6. The van der Waals surface area contributed by atoms with Gasteiger partial charge in [-0.15, -0.1) is 13.2 Å². The molecule has 3 nitrogen and oxygen atoms in total. The Morgan fingerprint density at radius 3 is 2.21 bits per heavy atom. The molecule has 0 aromatic carbocycles. The summed E-state index contributed by atoms with van der Waals surface area (Å²) >= 11 is 0. The Hall–Kier alpha value is -3.72. The van der Waals surface area contributed by atoms with Gasteiger partial charge in [-0.1, -0.05) is 67.5 Å². The summed E-state index contributed by atoms with van der Waals surface area (Å²) in [6.07, 6.45) is 41.4. The summed E-state index contributed by atoms with van der Waals surface area (Å²) < 4.78 is 2.67. The zero-order valence-corrected chi connectivity index (χ0v) is 34.4. The van der Waals surface area contributed by atoms with Gasteiger partial charge in [0.2, 0.25) is 0 Å². The molecule has 0 saturated carbocycles. The summed E-state index contributed by atoms with van der Waals surface area (Å²) in [6, 6.07) is 0. The lowest BCUT2D eigenvalue weighted by atomic mass is 9.93. The molecule has 0 saturated heterocycles. The van der Waals surface area contributed by atoms with Gasteiger partial charge in [0, 0.05) is 58.5 Å². The third-order valence-electron chi connectivity index (χ3n) is 11.5. The van der Waals surface area contributed by atoms with Crippen LogP contribution in [0.4, 0.5) is 0 Å². The van der Waals surface area contributed by atoms with Gasteiger partial charge in [0.15, 0.2) is 0 Å². The van der Waals surface area contributed by atoms with Crippen LogP contribution in [0.1, 0.15) is 148 Å². The van der Waals surface area contributed by atoms with Crippen LogP contribution in [0.5, 0.6) is 0 Å². The molecule has 0 bridgehead atoms. The molecular weight excluding hydrogens is 631 g/mol. The van der Waals surface area contributed by atoms with Gasteiger partial charge >= 0.3 is 0 Å². The van der Waals surface area contributed by atoms with Crippen molar-refractivity contribution in [3.63, 3.8) is 0 Å². The minimum atomic E-state index is 0.486. The topological polar surface area (TPSA) is 11.4 Å². The number of aromatic nitrogens is 1. The molecule has 4 aliphatic carbocycles. The Morgan fingerprint density at radius 2 is 1.48 bits per heavy atom. The van der Waals surface area contributed by atoms with Crippen LogP contribution in [-0.4, -0.2) is 20.9 Å². The maximum Gasteiger partial charge on any atom is 0.0493 e. The Balaban J connectivity index is 0.000000944. The first kappa shape index (κ1) is 41.0. The fraction of sp³-hybridized carbons (Fsp3) is 0.510. The van der Waals surface area contributed by atoms with E-state index in [9.17, 15) is 0 Å². The average molecular weight is 702 g/mol. The van der Waals surface area contributed by atoms with E-state index in [0.29, 0.717) is 5.92 Å². The SMILES string of the molecule is C/C=C(\C)N(C1=CC(N2C/C=C\C/C=C\C(C)C3=C2CCCCC3)=CCC(n2c(C)c(C)c3c2CCCC3)=C1)C1=C(C)CCCC1.C=CC.C=CC. The molecule has 282 valence electrons. The van der Waals surface area contributed by atoms with Crippen molar-refractivity contribution < 1.29 is 0 Å². The summed E-state index contributed by atoms with van der Waals surface area (Å²) in [7, 11) is 0. The molecule has 0 N–H and O–H groups in total. The highest BCUT2D eigenvalue weighted by Crippen LogP contribution is 2.40. The molecule has 0 spiro atoms. The van der Waals surface area contributed by atoms with Crippen LogP contribution in [0, 0.1) is 19.8 Å². The molecule has 1 aromatic rings. The number of hydrogen-bond acceptors (Lipinski definition) is 2. The average Bonchev–Trinajstić information content (AvgIpc) is 3.36. The van der Waals surface area contributed by atoms with E-state index in [-0.39, 0.29) is 0 Å². The van der Waals surface area contributed by atoms with Crippen molar-refractivity contribution >= 4 is 5.70 Å². The third kappa shape index (κ3) is 9.82. The predicted molar refractivity (Wildman–Crippen MR) is 229 cm³/mol. The lowest BCUT2D eigenvalue weighted by Crippen LogP contribution is -2.27. The number of hydrogen-bond donors (Lipinski definition) is 0. The van der Waals surface area contributed by atoms with E-state index in [1.54, 1.807) is 40.3 Å². The number of rotatable bonds is 5. The lowest BCUT2D eigenvalue weighted by molar-refractivity contribution is 0.440. The van der Waals surface area contributed by atoms with Crippen LogP contribution >= 0.6 is 0 Å². The van der Waals surface area contributed by atoms with Crippen LogP contribution in [0.3, 0.4) is 0 Å². The first-order valence-electron chi connectivity index (χ1n) is 20.6. The number of nitrogens with zero attached hydrogens (tertiary/aromatic N) is 3. The van der Waals surface area contributed by atoms with E-state index < -0.39 is 0 Å². The van der Waals surface area contributed by atoms with Gasteiger partial charge in [-0.3, -0.25) is 0 Å². The third-order valence-corrected chi connectivity index (χ3v) is 11.5. The number of fused-ring (bicyclic) bond motifs is 1. The maximum atomic E-state index is 3.36. The van der Waals surface area contributed by atoms with Crippen molar-refractivity contribution in [3.8, 4) is 0 Å². The molecule has 0 radical (unpaired) electrons. The van der Waals surface area contributed by atoms with Gasteiger partial charge in [0.05, 0.1) is 0 Å². The molecular formula is C49H71N3. The monoisotopic (exact) mass is 702 g/mol. The smallest absolute Gasteiger partial charge is 0.0493 e. The van der Waals surface area contributed by atoms with E-state index in [1.807, 2.05) is 13.8 Å². The Labute approximate surface area is 319 Å². The largest absolute Gasteiger partial charge is 0.342 e. The summed E-state index contributed by atoms with van der Waals surface area (Å²) in [6.45, 7) is 25.5. The van der Waals surface area contributed by atoms with Crippen LogP contribution in [0.25, 0.3) is 5.70 Å². The summed E-state index contributed by atoms with van der Waals surface area (Å²) in [5.41, 5.74) is 17.9. The highest BCUT2D eigenvalue weighted by Gasteiger charge is 2.28. The van der Waals surface area contributed by atoms with Crippen LogP contribution < -0.4 is 0 Å². The van der Waals surface area contributed by atoms with Gasteiger partial charge in [-0.25, -0.2) is 0 Å². The van der Waals surface area contributed by atoms with Crippen molar-refractivity contribution in [1.29, 1.82) is 0 Å². The van der Waals surface area contributed by atoms with E-state index in [0.717, 1.165) is 25.8 Å². The second-order valence-electron chi connectivity index (χ2n) is 15.3. The first-order chi connectivity index (χ1) is 25.2. The predicted octanol–water partition coefficient (Wildman–Crippen LogP) is 14.1. The van der Waals surface area contributed by atoms with Gasteiger partial charge < -0.3 is 14.4 Å². The van der Waals surface area contributed by atoms with Crippen molar-refractivity contribution in [2.75, 3.05) is 6.54 Å². The summed E-state index contributed by atoms with van der Waals surface area (Å²) in [4.78, 5) is 5.36. The molecule has 2 heterocycles. The van der Waals surface area contributed by atoms with E-state index in [2.05, 4.69) is 118 Å². The van der Waals surface area contributed by atoms with E-state index in [1.165, 1.54) is 117 Å². The fourth-order valence-corrected chi connectivity index (χ4v) is 8.74. The summed E-state index contributed by atoms with van der Waals surface area (Å²) in [5.74, 6) is 0.486. The minimum absolute atomic E-state index is 0.486. The summed E-state index contributed by atoms with van der Waals surface area (Å²) in [5, 5.41) is 0. The molecule has 0 fully saturated rings. The van der Waals surface area contributed by atoms with Crippen molar-refractivity contribution in [1.82, 2.24) is 14.4 Å². The Morgan fingerprint density at radius 1 is 0.808 bits per heavy atom. The zero-order valence-electron chi connectivity index (χ0n) is 34.4. The molecule has 3 heteroatoms. The van der Waals surface area contributed by atoms with Gasteiger partial charge in [-0.05, 0) is 167 Å². The molecule has 0 amide bonds. The normalized spacial score (nSPS) is 22.3. The van der Waals surface area contributed by atoms with Gasteiger partial charge in [0.1, 0.15) is 0 Å². The van der Waals surface area contributed by atoms with Gasteiger partial charge in [0.25, 0.3) is 0 Å².